The minimum absolute atomic E-state index is 0.497. The highest BCUT2D eigenvalue weighted by Crippen LogP contribution is 2.21. The zero-order valence-corrected chi connectivity index (χ0v) is 12.7. The van der Waals surface area contributed by atoms with E-state index in [1.165, 1.54) is 0 Å². The number of para-hydroxylation sites is 1. The number of benzene rings is 1. The monoisotopic (exact) mass is 291 g/mol. The molecule has 4 nitrogen and oxygen atoms in total. The molecule has 1 heterocycles. The quantitative estimate of drug-likeness (QED) is 0.858. The molecule has 0 amide bonds. The molecule has 0 unspecified atom stereocenters. The van der Waals surface area contributed by atoms with Crippen LogP contribution in [-0.2, 0) is 6.42 Å². The minimum Gasteiger partial charge on any atom is -0.496 e. The summed E-state index contributed by atoms with van der Waals surface area (Å²) in [7, 11) is 1.68. The van der Waals surface area contributed by atoms with Crippen molar-refractivity contribution >= 4 is 17.4 Å². The Morgan fingerprint density at radius 1 is 1.20 bits per heavy atom. The van der Waals surface area contributed by atoms with Crippen LogP contribution in [0.15, 0.2) is 24.3 Å². The van der Waals surface area contributed by atoms with Crippen LogP contribution in [0.5, 0.6) is 5.75 Å². The first kappa shape index (κ1) is 14.6. The van der Waals surface area contributed by atoms with Gasteiger partial charge in [0, 0.05) is 12.1 Å². The number of nitrogens with one attached hydrogen (secondary N) is 1. The zero-order chi connectivity index (χ0) is 14.5. The van der Waals surface area contributed by atoms with E-state index in [-0.39, 0.29) is 0 Å². The molecule has 0 aliphatic heterocycles. The second-order valence-electron chi connectivity index (χ2n) is 4.52. The van der Waals surface area contributed by atoms with E-state index < -0.39 is 0 Å². The molecule has 1 aromatic heterocycles. The SMILES string of the molecule is COc1ccccc1CCNc1nc(C)nc(Cl)c1C. The summed E-state index contributed by atoms with van der Waals surface area (Å²) in [5, 5.41) is 3.80. The van der Waals surface area contributed by atoms with Crippen LogP contribution in [0.2, 0.25) is 5.15 Å². The van der Waals surface area contributed by atoms with Crippen molar-refractivity contribution in [3.8, 4) is 5.75 Å². The predicted octanol–water partition coefficient (Wildman–Crippen LogP) is 3.41. The van der Waals surface area contributed by atoms with Gasteiger partial charge >= 0.3 is 0 Å². The van der Waals surface area contributed by atoms with Crippen LogP contribution < -0.4 is 10.1 Å². The van der Waals surface area contributed by atoms with E-state index in [9.17, 15) is 0 Å². The lowest BCUT2D eigenvalue weighted by molar-refractivity contribution is 0.410. The molecule has 106 valence electrons. The first-order valence-electron chi connectivity index (χ1n) is 6.48. The molecule has 5 heteroatoms. The number of nitrogens with zero attached hydrogens (tertiary/aromatic N) is 2. The number of methoxy groups -OCH3 is 1. The van der Waals surface area contributed by atoms with Gasteiger partial charge in [0.15, 0.2) is 0 Å². The van der Waals surface area contributed by atoms with Gasteiger partial charge in [0.1, 0.15) is 22.5 Å². The lowest BCUT2D eigenvalue weighted by Gasteiger charge is -2.11. The fourth-order valence-electron chi connectivity index (χ4n) is 1.99. The van der Waals surface area contributed by atoms with Crippen LogP contribution >= 0.6 is 11.6 Å². The van der Waals surface area contributed by atoms with Crippen molar-refractivity contribution in [2.45, 2.75) is 20.3 Å². The van der Waals surface area contributed by atoms with Gasteiger partial charge in [0.05, 0.1) is 7.11 Å². The van der Waals surface area contributed by atoms with E-state index in [1.54, 1.807) is 7.11 Å². The summed E-state index contributed by atoms with van der Waals surface area (Å²) in [5.41, 5.74) is 2.04. The molecule has 2 aromatic rings. The number of rotatable bonds is 5. The Labute approximate surface area is 124 Å². The van der Waals surface area contributed by atoms with E-state index in [4.69, 9.17) is 16.3 Å². The number of hydrogen-bond donors (Lipinski definition) is 1. The van der Waals surface area contributed by atoms with Crippen molar-refractivity contribution in [2.24, 2.45) is 0 Å². The summed E-state index contributed by atoms with van der Waals surface area (Å²) < 4.78 is 5.34. The highest BCUT2D eigenvalue weighted by atomic mass is 35.5. The molecule has 0 bridgehead atoms. The maximum Gasteiger partial charge on any atom is 0.137 e. The largest absolute Gasteiger partial charge is 0.496 e. The summed E-state index contributed by atoms with van der Waals surface area (Å²) in [6, 6.07) is 8.00. The van der Waals surface area contributed by atoms with Crippen LogP contribution in [0.25, 0.3) is 0 Å². The van der Waals surface area contributed by atoms with E-state index in [1.807, 2.05) is 32.0 Å². The molecular formula is C15H18ClN3O. The molecule has 0 spiro atoms. The standard InChI is InChI=1S/C15H18ClN3O/c1-10-14(16)18-11(2)19-15(10)17-9-8-12-6-4-5-7-13(12)20-3/h4-7H,8-9H2,1-3H3,(H,17,18,19). The molecule has 0 fully saturated rings. The van der Waals surface area contributed by atoms with Crippen LogP contribution in [0.1, 0.15) is 17.0 Å². The highest BCUT2D eigenvalue weighted by molar-refractivity contribution is 6.30. The average molecular weight is 292 g/mol. The van der Waals surface area contributed by atoms with Gasteiger partial charge in [-0.1, -0.05) is 29.8 Å². The predicted molar refractivity (Wildman–Crippen MR) is 81.7 cm³/mol. The van der Waals surface area contributed by atoms with Crippen molar-refractivity contribution in [3.05, 3.63) is 46.4 Å². The van der Waals surface area contributed by atoms with Gasteiger partial charge in [-0.05, 0) is 31.9 Å². The molecule has 2 rings (SSSR count). The Balaban J connectivity index is 2.03. The fourth-order valence-corrected chi connectivity index (χ4v) is 2.20. The number of aromatic nitrogens is 2. The second kappa shape index (κ2) is 6.57. The molecule has 0 aliphatic rings. The molecule has 0 saturated carbocycles. The number of anilines is 1. The summed E-state index contributed by atoms with van der Waals surface area (Å²) in [5.74, 6) is 2.36. The van der Waals surface area contributed by atoms with Gasteiger partial charge in [-0.2, -0.15) is 0 Å². The van der Waals surface area contributed by atoms with Crippen LogP contribution in [0.3, 0.4) is 0 Å². The molecule has 1 aromatic carbocycles. The van der Waals surface area contributed by atoms with E-state index in [2.05, 4.69) is 21.4 Å². The lowest BCUT2D eigenvalue weighted by Crippen LogP contribution is -2.10. The fraction of sp³-hybridized carbons (Fsp3) is 0.333. The van der Waals surface area contributed by atoms with Gasteiger partial charge in [0.2, 0.25) is 0 Å². The van der Waals surface area contributed by atoms with Gasteiger partial charge in [0.25, 0.3) is 0 Å². The third-order valence-corrected chi connectivity index (χ3v) is 3.45. The number of halogens is 1. The maximum absolute atomic E-state index is 6.05. The summed E-state index contributed by atoms with van der Waals surface area (Å²) >= 11 is 6.05. The minimum atomic E-state index is 0.497. The lowest BCUT2D eigenvalue weighted by atomic mass is 10.1. The Morgan fingerprint density at radius 2 is 1.95 bits per heavy atom. The van der Waals surface area contributed by atoms with Crippen molar-refractivity contribution in [1.29, 1.82) is 0 Å². The van der Waals surface area contributed by atoms with Gasteiger partial charge in [-0.25, -0.2) is 9.97 Å². The number of hydrogen-bond acceptors (Lipinski definition) is 4. The van der Waals surface area contributed by atoms with Gasteiger partial charge < -0.3 is 10.1 Å². The van der Waals surface area contributed by atoms with Crippen LogP contribution in [0.4, 0.5) is 5.82 Å². The van der Waals surface area contributed by atoms with Gasteiger partial charge in [-0.15, -0.1) is 0 Å². The van der Waals surface area contributed by atoms with Crippen LogP contribution in [0, 0.1) is 13.8 Å². The first-order chi connectivity index (χ1) is 9.61. The molecule has 1 N–H and O–H groups in total. The molecule has 0 radical (unpaired) electrons. The Kier molecular flexibility index (Phi) is 4.79. The number of ether oxygens (including phenoxy) is 1. The Morgan fingerprint density at radius 3 is 2.70 bits per heavy atom. The second-order valence-corrected chi connectivity index (χ2v) is 4.88. The topological polar surface area (TPSA) is 47.0 Å². The highest BCUT2D eigenvalue weighted by Gasteiger charge is 2.07. The first-order valence-corrected chi connectivity index (χ1v) is 6.86. The smallest absolute Gasteiger partial charge is 0.137 e. The van der Waals surface area contributed by atoms with Crippen LogP contribution in [-0.4, -0.2) is 23.6 Å². The number of aryl methyl sites for hydroxylation is 1. The van der Waals surface area contributed by atoms with E-state index in [0.29, 0.717) is 11.0 Å². The molecule has 0 aliphatic carbocycles. The van der Waals surface area contributed by atoms with Crippen molar-refractivity contribution in [1.82, 2.24) is 9.97 Å². The van der Waals surface area contributed by atoms with E-state index in [0.717, 1.165) is 35.7 Å². The Bertz CT molecular complexity index is 602. The summed E-state index contributed by atoms with van der Waals surface area (Å²) in [6.07, 6.45) is 0.851. The summed E-state index contributed by atoms with van der Waals surface area (Å²) in [6.45, 7) is 4.50. The molecular weight excluding hydrogens is 274 g/mol. The third-order valence-electron chi connectivity index (χ3n) is 3.08. The molecule has 0 saturated heterocycles. The normalized spacial score (nSPS) is 10.4. The Hall–Kier alpha value is -1.81. The maximum atomic E-state index is 6.05. The van der Waals surface area contributed by atoms with Crippen molar-refractivity contribution in [3.63, 3.8) is 0 Å². The van der Waals surface area contributed by atoms with E-state index >= 15 is 0 Å². The average Bonchev–Trinajstić information content (AvgIpc) is 2.44. The van der Waals surface area contributed by atoms with Crippen molar-refractivity contribution < 1.29 is 4.74 Å². The zero-order valence-electron chi connectivity index (χ0n) is 11.9. The van der Waals surface area contributed by atoms with Gasteiger partial charge in [-0.3, -0.25) is 0 Å². The van der Waals surface area contributed by atoms with Crippen molar-refractivity contribution in [2.75, 3.05) is 19.0 Å². The molecule has 20 heavy (non-hydrogen) atoms. The molecule has 0 atom stereocenters. The third kappa shape index (κ3) is 3.39. The summed E-state index contributed by atoms with van der Waals surface area (Å²) in [4.78, 5) is 8.49.